The van der Waals surface area contributed by atoms with Gasteiger partial charge in [-0.1, -0.05) is 17.7 Å². The van der Waals surface area contributed by atoms with E-state index in [-0.39, 0.29) is 0 Å². The lowest BCUT2D eigenvalue weighted by Crippen LogP contribution is -2.52. The Labute approximate surface area is 171 Å². The van der Waals surface area contributed by atoms with E-state index in [1.165, 1.54) is 0 Å². The van der Waals surface area contributed by atoms with Crippen LogP contribution in [0.15, 0.2) is 29.2 Å². The third-order valence-corrected chi connectivity index (χ3v) is 7.23. The van der Waals surface area contributed by atoms with E-state index >= 15 is 0 Å². The summed E-state index contributed by atoms with van der Waals surface area (Å²) in [4.78, 5) is 23.5. The number of hydrogen-bond acceptors (Lipinski definition) is 6. The highest BCUT2D eigenvalue weighted by molar-refractivity contribution is 7.89. The maximum Gasteiger partial charge on any atom is 0.414 e. The van der Waals surface area contributed by atoms with Gasteiger partial charge in [-0.25, -0.2) is 18.0 Å². The first-order chi connectivity index (χ1) is 13.6. The van der Waals surface area contributed by atoms with Crippen molar-refractivity contribution in [3.05, 3.63) is 29.8 Å². The zero-order chi connectivity index (χ0) is 21.6. The predicted octanol–water partition coefficient (Wildman–Crippen LogP) is 0.551. The summed E-state index contributed by atoms with van der Waals surface area (Å²) in [6, 6.07) is 7.70. The number of carboxylic acid groups (broad SMARTS) is 2. The number of piperazine rings is 1. The summed E-state index contributed by atoms with van der Waals surface area (Å²) in [5.74, 6) is -3.65. The van der Waals surface area contributed by atoms with Crippen LogP contribution in [0.1, 0.15) is 18.4 Å². The average Bonchev–Trinajstić information content (AvgIpc) is 2.69. The molecule has 29 heavy (non-hydrogen) atoms. The van der Waals surface area contributed by atoms with E-state index in [9.17, 15) is 8.42 Å². The number of nitrogens with zero attached hydrogens (tertiary/aromatic N) is 3. The highest BCUT2D eigenvalue weighted by Gasteiger charge is 2.32. The molecule has 2 aliphatic rings. The topological polar surface area (TPSA) is 118 Å². The zero-order valence-electron chi connectivity index (χ0n) is 16.8. The van der Waals surface area contributed by atoms with Gasteiger partial charge in [0.15, 0.2) is 0 Å². The van der Waals surface area contributed by atoms with Crippen LogP contribution >= 0.6 is 0 Å². The molecule has 1 aromatic carbocycles. The van der Waals surface area contributed by atoms with Crippen LogP contribution in [-0.4, -0.2) is 97.0 Å². The maximum absolute atomic E-state index is 12.7. The monoisotopic (exact) mass is 427 g/mol. The second kappa shape index (κ2) is 10.1. The molecule has 9 nitrogen and oxygen atoms in total. The summed E-state index contributed by atoms with van der Waals surface area (Å²) in [5.41, 5.74) is 1.08. The van der Waals surface area contributed by atoms with E-state index in [0.29, 0.717) is 24.0 Å². The molecule has 0 spiro atoms. The van der Waals surface area contributed by atoms with Gasteiger partial charge in [0, 0.05) is 45.3 Å². The number of aryl methyl sites for hydroxylation is 1. The number of carbonyl (C=O) groups is 2. The molecule has 2 heterocycles. The van der Waals surface area contributed by atoms with Gasteiger partial charge in [-0.2, -0.15) is 4.31 Å². The molecule has 2 saturated heterocycles. The van der Waals surface area contributed by atoms with Crippen LogP contribution in [0, 0.1) is 6.92 Å². The number of piperidine rings is 1. The van der Waals surface area contributed by atoms with Gasteiger partial charge in [-0.15, -0.1) is 0 Å². The van der Waals surface area contributed by atoms with Crippen molar-refractivity contribution in [1.29, 1.82) is 0 Å². The number of benzene rings is 1. The Morgan fingerprint density at radius 2 is 1.38 bits per heavy atom. The minimum atomic E-state index is -3.34. The number of sulfonamides is 1. The minimum absolute atomic E-state index is 0.418. The summed E-state index contributed by atoms with van der Waals surface area (Å²) >= 11 is 0. The molecule has 0 bridgehead atoms. The van der Waals surface area contributed by atoms with E-state index in [4.69, 9.17) is 19.8 Å². The SMILES string of the molecule is Cc1ccc(S(=O)(=O)N2CCC(N3CCN(C)CC3)CC2)cc1.O=C(O)C(=O)O. The van der Waals surface area contributed by atoms with Crippen molar-refractivity contribution in [2.45, 2.75) is 30.7 Å². The molecule has 2 N–H and O–H groups in total. The van der Waals surface area contributed by atoms with Crippen LogP contribution in [0.5, 0.6) is 0 Å². The van der Waals surface area contributed by atoms with E-state index in [1.807, 2.05) is 19.1 Å². The first-order valence-corrected chi connectivity index (χ1v) is 11.0. The quantitative estimate of drug-likeness (QED) is 0.672. The number of likely N-dealkylation sites (N-methyl/N-ethyl adjacent to an activating group) is 1. The fraction of sp³-hybridized carbons (Fsp3) is 0.579. The lowest BCUT2D eigenvalue weighted by atomic mass is 10.0. The molecule has 10 heteroatoms. The van der Waals surface area contributed by atoms with Gasteiger partial charge in [0.2, 0.25) is 10.0 Å². The molecule has 0 aromatic heterocycles. The van der Waals surface area contributed by atoms with Crippen molar-refractivity contribution in [2.24, 2.45) is 0 Å². The van der Waals surface area contributed by atoms with E-state index < -0.39 is 22.0 Å². The van der Waals surface area contributed by atoms with Gasteiger partial charge in [-0.3, -0.25) is 4.90 Å². The molecular weight excluding hydrogens is 398 g/mol. The minimum Gasteiger partial charge on any atom is -0.473 e. The molecule has 0 saturated carbocycles. The first-order valence-electron chi connectivity index (χ1n) is 9.57. The molecule has 0 unspecified atom stereocenters. The molecule has 162 valence electrons. The standard InChI is InChI=1S/C17H27N3O2S.C2H2O4/c1-15-3-5-17(6-4-15)23(21,22)20-9-7-16(8-10-20)19-13-11-18(2)12-14-19;3-1(4)2(5)6/h3-6,16H,7-14H2,1-2H3;(H,3,4)(H,5,6). The maximum atomic E-state index is 12.7. The van der Waals surface area contributed by atoms with Crippen LogP contribution in [0.25, 0.3) is 0 Å². The predicted molar refractivity (Wildman–Crippen MR) is 107 cm³/mol. The number of hydrogen-bond donors (Lipinski definition) is 2. The number of aliphatic carboxylic acids is 2. The molecule has 2 fully saturated rings. The van der Waals surface area contributed by atoms with Crippen molar-refractivity contribution in [1.82, 2.24) is 14.1 Å². The van der Waals surface area contributed by atoms with Gasteiger partial charge in [0.05, 0.1) is 4.90 Å². The van der Waals surface area contributed by atoms with Crippen molar-refractivity contribution < 1.29 is 28.2 Å². The molecule has 0 radical (unpaired) electrons. The zero-order valence-corrected chi connectivity index (χ0v) is 17.6. The van der Waals surface area contributed by atoms with Gasteiger partial charge in [0.1, 0.15) is 0 Å². The summed E-state index contributed by atoms with van der Waals surface area (Å²) in [7, 11) is -1.17. The largest absolute Gasteiger partial charge is 0.473 e. The first kappa shape index (κ1) is 23.3. The Balaban J connectivity index is 0.000000438. The van der Waals surface area contributed by atoms with Crippen LogP contribution in [0.3, 0.4) is 0 Å². The summed E-state index contributed by atoms with van der Waals surface area (Å²) < 4.78 is 27.1. The Bertz CT molecular complexity index is 784. The van der Waals surface area contributed by atoms with Crippen LogP contribution in [0.2, 0.25) is 0 Å². The average molecular weight is 428 g/mol. The van der Waals surface area contributed by atoms with Crippen molar-refractivity contribution in [2.75, 3.05) is 46.3 Å². The second-order valence-corrected chi connectivity index (χ2v) is 9.34. The van der Waals surface area contributed by atoms with Gasteiger partial charge in [-0.05, 0) is 38.9 Å². The molecule has 2 aliphatic heterocycles. The molecule has 0 amide bonds. The summed E-state index contributed by atoms with van der Waals surface area (Å²) in [5, 5.41) is 14.8. The van der Waals surface area contributed by atoms with Crippen molar-refractivity contribution >= 4 is 22.0 Å². The van der Waals surface area contributed by atoms with Crippen molar-refractivity contribution in [3.8, 4) is 0 Å². The lowest BCUT2D eigenvalue weighted by molar-refractivity contribution is -0.159. The number of rotatable bonds is 3. The van der Waals surface area contributed by atoms with Gasteiger partial charge >= 0.3 is 11.9 Å². The molecule has 3 rings (SSSR count). The highest BCUT2D eigenvalue weighted by Crippen LogP contribution is 2.24. The van der Waals surface area contributed by atoms with E-state index in [2.05, 4.69) is 16.8 Å². The van der Waals surface area contributed by atoms with Crippen LogP contribution in [-0.2, 0) is 19.6 Å². The van der Waals surface area contributed by atoms with Gasteiger partial charge in [0.25, 0.3) is 0 Å². The highest BCUT2D eigenvalue weighted by atomic mass is 32.2. The number of carboxylic acids is 2. The Morgan fingerprint density at radius 1 is 0.897 bits per heavy atom. The third kappa shape index (κ3) is 6.49. The molecular formula is C19H29N3O6S. The third-order valence-electron chi connectivity index (χ3n) is 5.32. The molecule has 0 aliphatic carbocycles. The van der Waals surface area contributed by atoms with Crippen LogP contribution < -0.4 is 0 Å². The molecule has 1 aromatic rings. The van der Waals surface area contributed by atoms with Crippen LogP contribution in [0.4, 0.5) is 0 Å². The normalized spacial score (nSPS) is 19.9. The fourth-order valence-electron chi connectivity index (χ4n) is 3.49. The fourth-order valence-corrected chi connectivity index (χ4v) is 4.96. The summed E-state index contributed by atoms with van der Waals surface area (Å²) in [6.07, 6.45) is 1.88. The lowest BCUT2D eigenvalue weighted by Gasteiger charge is -2.41. The smallest absolute Gasteiger partial charge is 0.414 e. The van der Waals surface area contributed by atoms with Gasteiger partial charge < -0.3 is 15.1 Å². The Morgan fingerprint density at radius 3 is 1.83 bits per heavy atom. The van der Waals surface area contributed by atoms with E-state index in [0.717, 1.165) is 44.6 Å². The Hall–Kier alpha value is -2.01. The van der Waals surface area contributed by atoms with Crippen molar-refractivity contribution in [3.63, 3.8) is 0 Å². The van der Waals surface area contributed by atoms with E-state index in [1.54, 1.807) is 16.4 Å². The Kier molecular flexibility index (Phi) is 8.14. The molecule has 0 atom stereocenters. The summed E-state index contributed by atoms with van der Waals surface area (Å²) in [6.45, 7) is 7.67. The second-order valence-electron chi connectivity index (χ2n) is 7.40.